The Morgan fingerprint density at radius 1 is 1.41 bits per heavy atom. The van der Waals surface area contributed by atoms with Gasteiger partial charge in [0.2, 0.25) is 0 Å². The first kappa shape index (κ1) is 18.9. The number of hydrogen-bond acceptors (Lipinski definition) is 4. The van der Waals surface area contributed by atoms with Gasteiger partial charge in [-0.05, 0) is 62.0 Å². The second kappa shape index (κ2) is 6.30. The van der Waals surface area contributed by atoms with Gasteiger partial charge in [-0.25, -0.2) is 0 Å². The van der Waals surface area contributed by atoms with Crippen LogP contribution >= 0.6 is 0 Å². The van der Waals surface area contributed by atoms with Crippen LogP contribution in [-0.4, -0.2) is 29.1 Å². The van der Waals surface area contributed by atoms with Gasteiger partial charge in [0.15, 0.2) is 5.78 Å². The molecular formula is C23H32O4. The molecule has 0 aromatic carbocycles. The second-order valence-corrected chi connectivity index (χ2v) is 9.62. The molecule has 0 saturated heterocycles. The summed E-state index contributed by atoms with van der Waals surface area (Å²) in [6.45, 7) is 8.07. The lowest BCUT2D eigenvalue weighted by atomic mass is 9.46. The summed E-state index contributed by atoms with van der Waals surface area (Å²) in [6, 6.07) is 0. The van der Waals surface area contributed by atoms with Crippen molar-refractivity contribution in [3.05, 3.63) is 23.8 Å². The molecule has 3 fully saturated rings. The Morgan fingerprint density at radius 2 is 2.15 bits per heavy atom. The van der Waals surface area contributed by atoms with Crippen molar-refractivity contribution in [2.24, 2.45) is 34.5 Å². The molecule has 0 spiro atoms. The van der Waals surface area contributed by atoms with Crippen LogP contribution in [0.5, 0.6) is 0 Å². The highest BCUT2D eigenvalue weighted by molar-refractivity contribution is 6.01. The van der Waals surface area contributed by atoms with Crippen LogP contribution in [-0.2, 0) is 14.3 Å². The third-order valence-electron chi connectivity index (χ3n) is 8.42. The average Bonchev–Trinajstić information content (AvgIpc) is 2.87. The minimum atomic E-state index is -0.443. The summed E-state index contributed by atoms with van der Waals surface area (Å²) >= 11 is 0. The van der Waals surface area contributed by atoms with E-state index in [1.165, 1.54) is 12.5 Å². The van der Waals surface area contributed by atoms with Gasteiger partial charge in [-0.2, -0.15) is 0 Å². The molecule has 4 rings (SSSR count). The quantitative estimate of drug-likeness (QED) is 0.748. The van der Waals surface area contributed by atoms with E-state index in [1.807, 2.05) is 6.08 Å². The molecule has 0 amide bonds. The van der Waals surface area contributed by atoms with E-state index < -0.39 is 6.10 Å². The van der Waals surface area contributed by atoms with Crippen LogP contribution in [0.25, 0.3) is 0 Å². The maximum atomic E-state index is 11.9. The zero-order valence-corrected chi connectivity index (χ0v) is 16.9. The SMILES string of the molecule is CC[C@]12C[C@H](O)[C@H]3[C@@H](CCC4=CC(=O)C=C[C@@]43C)[C@@H]1C[C@H](C)[C@H]2OC(C)=O. The molecule has 148 valence electrons. The lowest BCUT2D eigenvalue weighted by Gasteiger charge is -2.59. The van der Waals surface area contributed by atoms with Crippen molar-refractivity contribution < 1.29 is 19.4 Å². The van der Waals surface area contributed by atoms with Gasteiger partial charge >= 0.3 is 5.97 Å². The smallest absolute Gasteiger partial charge is 0.302 e. The Balaban J connectivity index is 1.74. The number of esters is 1. The molecule has 4 aliphatic carbocycles. The monoisotopic (exact) mass is 372 g/mol. The van der Waals surface area contributed by atoms with E-state index in [4.69, 9.17) is 4.74 Å². The van der Waals surface area contributed by atoms with Crippen molar-refractivity contribution in [1.29, 1.82) is 0 Å². The third-order valence-corrected chi connectivity index (χ3v) is 8.42. The molecule has 4 nitrogen and oxygen atoms in total. The summed E-state index contributed by atoms with van der Waals surface area (Å²) in [5.41, 5.74) is 0.818. The normalized spacial score (nSPS) is 48.3. The van der Waals surface area contributed by atoms with Gasteiger partial charge in [0.1, 0.15) is 6.10 Å². The highest BCUT2D eigenvalue weighted by atomic mass is 16.5. The number of carbonyl (C=O) groups is 2. The molecule has 0 bridgehead atoms. The van der Waals surface area contributed by atoms with E-state index in [2.05, 4.69) is 20.8 Å². The van der Waals surface area contributed by atoms with Crippen LogP contribution in [0.2, 0.25) is 0 Å². The van der Waals surface area contributed by atoms with E-state index in [9.17, 15) is 14.7 Å². The Labute approximate surface area is 162 Å². The summed E-state index contributed by atoms with van der Waals surface area (Å²) in [5, 5.41) is 11.4. The van der Waals surface area contributed by atoms with E-state index in [-0.39, 0.29) is 34.6 Å². The van der Waals surface area contributed by atoms with Gasteiger partial charge in [-0.15, -0.1) is 0 Å². The summed E-state index contributed by atoms with van der Waals surface area (Å²) in [5.74, 6) is 1.16. The molecular weight excluding hydrogens is 340 g/mol. The van der Waals surface area contributed by atoms with Crippen LogP contribution in [0.3, 0.4) is 0 Å². The van der Waals surface area contributed by atoms with Crippen LogP contribution in [0, 0.1) is 34.5 Å². The maximum Gasteiger partial charge on any atom is 0.302 e. The summed E-state index contributed by atoms with van der Waals surface area (Å²) in [7, 11) is 0. The molecule has 27 heavy (non-hydrogen) atoms. The molecule has 0 aromatic rings. The minimum absolute atomic E-state index is 0.0681. The first-order valence-electron chi connectivity index (χ1n) is 10.5. The summed E-state index contributed by atoms with van der Waals surface area (Å²) in [4.78, 5) is 23.7. The Bertz CT molecular complexity index is 722. The zero-order chi connectivity index (χ0) is 19.6. The molecule has 1 N–H and O–H groups in total. The van der Waals surface area contributed by atoms with Gasteiger partial charge in [0.05, 0.1) is 6.10 Å². The number of hydrogen-bond donors (Lipinski definition) is 1. The number of rotatable bonds is 2. The molecule has 0 aliphatic heterocycles. The van der Waals surface area contributed by atoms with Crippen molar-refractivity contribution in [2.45, 2.75) is 72.0 Å². The molecule has 8 atom stereocenters. The van der Waals surface area contributed by atoms with Crippen molar-refractivity contribution >= 4 is 11.8 Å². The highest BCUT2D eigenvalue weighted by Gasteiger charge is 2.65. The number of allylic oxidation sites excluding steroid dienone is 4. The average molecular weight is 373 g/mol. The van der Waals surface area contributed by atoms with Crippen molar-refractivity contribution in [1.82, 2.24) is 0 Å². The van der Waals surface area contributed by atoms with Gasteiger partial charge in [-0.1, -0.05) is 32.4 Å². The fourth-order valence-electron chi connectivity index (χ4n) is 7.43. The van der Waals surface area contributed by atoms with E-state index >= 15 is 0 Å². The van der Waals surface area contributed by atoms with E-state index in [0.29, 0.717) is 24.2 Å². The van der Waals surface area contributed by atoms with Gasteiger partial charge in [0, 0.05) is 23.7 Å². The van der Waals surface area contributed by atoms with Crippen LogP contribution in [0.4, 0.5) is 0 Å². The third kappa shape index (κ3) is 2.59. The van der Waals surface area contributed by atoms with Crippen molar-refractivity contribution in [3.8, 4) is 0 Å². The standard InChI is InChI=1S/C23H32O4/c1-5-23-12-19(26)20-17(18(23)10-13(2)21(23)27-14(3)24)7-6-15-11-16(25)8-9-22(15,20)4/h8-9,11,13,17-21,26H,5-7,10,12H2,1-4H3/t13-,17-,18-,19-,20+,21+,22-,23-/m0/s1. The topological polar surface area (TPSA) is 63.6 Å². The zero-order valence-electron chi connectivity index (χ0n) is 16.9. The van der Waals surface area contributed by atoms with Crippen molar-refractivity contribution in [3.63, 3.8) is 0 Å². The van der Waals surface area contributed by atoms with Crippen molar-refractivity contribution in [2.75, 3.05) is 0 Å². The first-order chi connectivity index (χ1) is 12.7. The molecule has 4 heteroatoms. The number of aliphatic hydroxyl groups excluding tert-OH is 1. The number of fused-ring (bicyclic) bond motifs is 5. The molecule has 0 radical (unpaired) electrons. The van der Waals surface area contributed by atoms with Crippen LogP contribution in [0.15, 0.2) is 23.8 Å². The Hall–Kier alpha value is -1.42. The molecule has 0 aromatic heterocycles. The van der Waals surface area contributed by atoms with E-state index in [0.717, 1.165) is 25.7 Å². The van der Waals surface area contributed by atoms with Gasteiger partial charge in [0.25, 0.3) is 0 Å². The lowest BCUT2D eigenvalue weighted by molar-refractivity contribution is -0.172. The molecule has 0 unspecified atom stereocenters. The fourth-order valence-corrected chi connectivity index (χ4v) is 7.43. The van der Waals surface area contributed by atoms with E-state index in [1.54, 1.807) is 12.2 Å². The molecule has 4 aliphatic rings. The second-order valence-electron chi connectivity index (χ2n) is 9.62. The van der Waals surface area contributed by atoms with Crippen LogP contribution in [0.1, 0.15) is 59.8 Å². The first-order valence-corrected chi connectivity index (χ1v) is 10.5. The van der Waals surface area contributed by atoms with Gasteiger partial charge in [-0.3, -0.25) is 9.59 Å². The number of ether oxygens (including phenoxy) is 1. The highest BCUT2D eigenvalue weighted by Crippen LogP contribution is 2.66. The largest absolute Gasteiger partial charge is 0.462 e. The number of carbonyl (C=O) groups excluding carboxylic acids is 2. The van der Waals surface area contributed by atoms with Crippen LogP contribution < -0.4 is 0 Å². The Morgan fingerprint density at radius 3 is 2.81 bits per heavy atom. The fraction of sp³-hybridized carbons (Fsp3) is 0.739. The maximum absolute atomic E-state index is 11.9. The van der Waals surface area contributed by atoms with Gasteiger partial charge < -0.3 is 9.84 Å². The lowest BCUT2D eigenvalue weighted by Crippen LogP contribution is -2.57. The predicted molar refractivity (Wildman–Crippen MR) is 103 cm³/mol. The minimum Gasteiger partial charge on any atom is -0.462 e. The molecule has 0 heterocycles. The summed E-state index contributed by atoms with van der Waals surface area (Å²) < 4.78 is 5.84. The summed E-state index contributed by atoms with van der Waals surface area (Å²) in [6.07, 6.45) is 9.57. The number of aliphatic hydroxyl groups is 1. The molecule has 3 saturated carbocycles. The Kier molecular flexibility index (Phi) is 4.41. The number of ketones is 1. The predicted octanol–water partition coefficient (Wildman–Crippen LogP) is 3.83.